The Hall–Kier alpha value is -0.880. The number of aryl methyl sites for hydroxylation is 1. The van der Waals surface area contributed by atoms with Crippen LogP contribution in [0.5, 0.6) is 0 Å². The van der Waals surface area contributed by atoms with Crippen LogP contribution in [-0.2, 0) is 17.9 Å². The summed E-state index contributed by atoms with van der Waals surface area (Å²) in [5.74, 6) is -0.0192. The second kappa shape index (κ2) is 6.92. The number of carbonyl (C=O) groups excluding carboxylic acids is 1. The van der Waals surface area contributed by atoms with Gasteiger partial charge in [-0.15, -0.1) is 24.8 Å². The molecule has 2 aliphatic rings. The maximum absolute atomic E-state index is 12.4. The van der Waals surface area contributed by atoms with E-state index in [9.17, 15) is 9.90 Å². The van der Waals surface area contributed by atoms with Gasteiger partial charge in [0.15, 0.2) is 0 Å². The highest BCUT2D eigenvalue weighted by Crippen LogP contribution is 2.30. The molecule has 0 spiro atoms. The first-order valence-electron chi connectivity index (χ1n) is 6.71. The number of aliphatic hydroxyl groups excluding tert-OH is 1. The Morgan fingerprint density at radius 1 is 1.33 bits per heavy atom. The zero-order chi connectivity index (χ0) is 13.6. The van der Waals surface area contributed by atoms with Gasteiger partial charge in [-0.2, -0.15) is 0 Å². The molecule has 7 heteroatoms. The highest BCUT2D eigenvalue weighted by Gasteiger charge is 2.38. The lowest BCUT2D eigenvalue weighted by Crippen LogP contribution is -2.31. The van der Waals surface area contributed by atoms with Crippen molar-refractivity contribution in [3.05, 3.63) is 29.1 Å². The van der Waals surface area contributed by atoms with E-state index in [0.717, 1.165) is 11.3 Å². The number of hydrogen-bond acceptors (Lipinski definition) is 4. The Balaban J connectivity index is 0.00000110. The van der Waals surface area contributed by atoms with E-state index in [-0.39, 0.29) is 42.7 Å². The summed E-state index contributed by atoms with van der Waals surface area (Å²) in [6.45, 7) is 3.24. The van der Waals surface area contributed by atoms with Gasteiger partial charge in [-0.25, -0.2) is 0 Å². The van der Waals surface area contributed by atoms with Crippen molar-refractivity contribution in [1.82, 2.24) is 9.88 Å². The van der Waals surface area contributed by atoms with Crippen LogP contribution in [0, 0.1) is 12.8 Å². The third kappa shape index (κ3) is 3.48. The largest absolute Gasteiger partial charge is 0.391 e. The predicted octanol–water partition coefficient (Wildman–Crippen LogP) is 1.17. The first kappa shape index (κ1) is 18.2. The molecular formula is C14H21Cl2N3O2. The quantitative estimate of drug-likeness (QED) is 0.808. The lowest BCUT2D eigenvalue weighted by atomic mass is 10.1. The van der Waals surface area contributed by atoms with Crippen LogP contribution in [0.25, 0.3) is 0 Å². The SMILES string of the molecule is Cc1cc2c(cn1)CN(C(=O)[C@H]1C[C@@H](N)[C@H](O)C1)C2.Cl.Cl. The Morgan fingerprint density at radius 3 is 2.62 bits per heavy atom. The predicted molar refractivity (Wildman–Crippen MR) is 84.4 cm³/mol. The molecule has 1 fully saturated rings. The summed E-state index contributed by atoms with van der Waals surface area (Å²) in [7, 11) is 0. The first-order valence-corrected chi connectivity index (χ1v) is 6.71. The Morgan fingerprint density at radius 2 is 2.00 bits per heavy atom. The van der Waals surface area contributed by atoms with E-state index in [1.807, 2.05) is 24.1 Å². The third-order valence-corrected chi connectivity index (χ3v) is 4.18. The number of nitrogens with zero attached hydrogens (tertiary/aromatic N) is 2. The lowest BCUT2D eigenvalue weighted by molar-refractivity contribution is -0.136. The fraction of sp³-hybridized carbons (Fsp3) is 0.571. The number of aromatic nitrogens is 1. The molecule has 118 valence electrons. The van der Waals surface area contributed by atoms with E-state index >= 15 is 0 Å². The van der Waals surface area contributed by atoms with Crippen LogP contribution in [-0.4, -0.2) is 33.0 Å². The number of aliphatic hydroxyl groups is 1. The van der Waals surface area contributed by atoms with Gasteiger partial charge in [0.1, 0.15) is 0 Å². The highest BCUT2D eigenvalue weighted by atomic mass is 35.5. The van der Waals surface area contributed by atoms with Gasteiger partial charge in [0, 0.05) is 36.9 Å². The molecular weight excluding hydrogens is 313 g/mol. The Bertz CT molecular complexity index is 517. The molecule has 1 aromatic rings. The van der Waals surface area contributed by atoms with E-state index in [4.69, 9.17) is 5.73 Å². The average Bonchev–Trinajstić information content (AvgIpc) is 2.92. The molecule has 5 nitrogen and oxygen atoms in total. The summed E-state index contributed by atoms with van der Waals surface area (Å²) < 4.78 is 0. The van der Waals surface area contributed by atoms with Crippen LogP contribution in [0.4, 0.5) is 0 Å². The molecule has 3 N–H and O–H groups in total. The maximum atomic E-state index is 12.4. The molecule has 2 heterocycles. The summed E-state index contributed by atoms with van der Waals surface area (Å²) in [5, 5.41) is 9.66. The van der Waals surface area contributed by atoms with Crippen molar-refractivity contribution in [3.8, 4) is 0 Å². The van der Waals surface area contributed by atoms with Gasteiger partial charge in [-0.05, 0) is 37.0 Å². The van der Waals surface area contributed by atoms with Crippen molar-refractivity contribution < 1.29 is 9.90 Å². The summed E-state index contributed by atoms with van der Waals surface area (Å²) in [4.78, 5) is 18.5. The topological polar surface area (TPSA) is 79.5 Å². The van der Waals surface area contributed by atoms with E-state index in [2.05, 4.69) is 4.98 Å². The number of amides is 1. The molecule has 1 aromatic heterocycles. The number of carbonyl (C=O) groups is 1. The fourth-order valence-corrected chi connectivity index (χ4v) is 3.07. The third-order valence-electron chi connectivity index (χ3n) is 4.18. The zero-order valence-electron chi connectivity index (χ0n) is 11.9. The molecule has 1 aliphatic heterocycles. The molecule has 0 radical (unpaired) electrons. The smallest absolute Gasteiger partial charge is 0.226 e. The lowest BCUT2D eigenvalue weighted by Gasteiger charge is -2.19. The zero-order valence-corrected chi connectivity index (χ0v) is 13.5. The molecule has 3 rings (SSSR count). The van der Waals surface area contributed by atoms with Crippen molar-refractivity contribution in [2.45, 2.75) is 45.0 Å². The van der Waals surface area contributed by atoms with Crippen molar-refractivity contribution in [1.29, 1.82) is 0 Å². The number of hydrogen-bond donors (Lipinski definition) is 2. The first-order chi connectivity index (χ1) is 9.04. The van der Waals surface area contributed by atoms with E-state index in [0.29, 0.717) is 25.9 Å². The number of pyridine rings is 1. The van der Waals surface area contributed by atoms with Crippen molar-refractivity contribution in [3.63, 3.8) is 0 Å². The van der Waals surface area contributed by atoms with Crippen molar-refractivity contribution in [2.75, 3.05) is 0 Å². The minimum atomic E-state index is -0.539. The fourth-order valence-electron chi connectivity index (χ4n) is 3.07. The van der Waals surface area contributed by atoms with Crippen molar-refractivity contribution in [2.24, 2.45) is 11.7 Å². The molecule has 0 bridgehead atoms. The molecule has 1 aliphatic carbocycles. The van der Waals surface area contributed by atoms with E-state index in [1.165, 1.54) is 5.56 Å². The Labute approximate surface area is 136 Å². The van der Waals surface area contributed by atoms with Crippen LogP contribution in [0.15, 0.2) is 12.3 Å². The van der Waals surface area contributed by atoms with Gasteiger partial charge in [0.2, 0.25) is 5.91 Å². The molecule has 0 saturated heterocycles. The monoisotopic (exact) mass is 333 g/mol. The van der Waals surface area contributed by atoms with Crippen LogP contribution in [0.3, 0.4) is 0 Å². The molecule has 1 amide bonds. The van der Waals surface area contributed by atoms with Crippen LogP contribution in [0.1, 0.15) is 29.7 Å². The van der Waals surface area contributed by atoms with E-state index in [1.54, 1.807) is 0 Å². The molecule has 1 saturated carbocycles. The Kier molecular flexibility index (Phi) is 5.99. The van der Waals surface area contributed by atoms with Gasteiger partial charge in [0.05, 0.1) is 6.10 Å². The number of halogens is 2. The molecule has 0 aromatic carbocycles. The van der Waals surface area contributed by atoms with Gasteiger partial charge in [0.25, 0.3) is 0 Å². The standard InChI is InChI=1S/C14H19N3O2.2ClH/c1-8-2-10-6-17(7-11(10)5-16-8)14(19)9-3-12(15)13(18)4-9;;/h2,5,9,12-13,18H,3-4,6-7,15H2,1H3;2*1H/t9-,12+,13+;;/m0../s1. The summed E-state index contributed by atoms with van der Waals surface area (Å²) in [6, 6.07) is 1.78. The summed E-state index contributed by atoms with van der Waals surface area (Å²) in [6.07, 6.45) is 2.39. The van der Waals surface area contributed by atoms with Gasteiger partial charge < -0.3 is 15.7 Å². The van der Waals surface area contributed by atoms with Crippen molar-refractivity contribution >= 4 is 30.7 Å². The van der Waals surface area contributed by atoms with Crippen LogP contribution < -0.4 is 5.73 Å². The number of rotatable bonds is 1. The molecule has 21 heavy (non-hydrogen) atoms. The number of fused-ring (bicyclic) bond motifs is 1. The highest BCUT2D eigenvalue weighted by molar-refractivity contribution is 5.85. The van der Waals surface area contributed by atoms with Crippen LogP contribution in [0.2, 0.25) is 0 Å². The molecule has 0 unspecified atom stereocenters. The number of nitrogens with two attached hydrogens (primary N) is 1. The second-order valence-electron chi connectivity index (χ2n) is 5.69. The molecule has 3 atom stereocenters. The minimum Gasteiger partial charge on any atom is -0.391 e. The summed E-state index contributed by atoms with van der Waals surface area (Å²) in [5.41, 5.74) is 9.07. The van der Waals surface area contributed by atoms with Gasteiger partial charge in [-0.1, -0.05) is 0 Å². The summed E-state index contributed by atoms with van der Waals surface area (Å²) >= 11 is 0. The maximum Gasteiger partial charge on any atom is 0.226 e. The average molecular weight is 334 g/mol. The van der Waals surface area contributed by atoms with E-state index < -0.39 is 6.10 Å². The van der Waals surface area contributed by atoms with Gasteiger partial charge in [-0.3, -0.25) is 9.78 Å². The minimum absolute atomic E-state index is 0. The van der Waals surface area contributed by atoms with Crippen LogP contribution >= 0.6 is 24.8 Å². The van der Waals surface area contributed by atoms with Gasteiger partial charge >= 0.3 is 0 Å². The second-order valence-corrected chi connectivity index (χ2v) is 5.69. The normalized spacial score (nSPS) is 26.8.